The van der Waals surface area contributed by atoms with Crippen molar-refractivity contribution in [2.75, 3.05) is 13.1 Å². The van der Waals surface area contributed by atoms with Gasteiger partial charge >= 0.3 is 6.03 Å². The van der Waals surface area contributed by atoms with Crippen molar-refractivity contribution in [3.63, 3.8) is 0 Å². The lowest BCUT2D eigenvalue weighted by atomic mass is 9.89. The molecule has 0 aromatic heterocycles. The molecule has 1 aliphatic carbocycles. The first-order valence-corrected chi connectivity index (χ1v) is 6.03. The van der Waals surface area contributed by atoms with Crippen LogP contribution < -0.4 is 10.6 Å². The zero-order valence-corrected chi connectivity index (χ0v) is 9.49. The molecule has 2 aliphatic heterocycles. The standard InChI is InChI=1S/C11H15N3O3/c15-8(7-2-3-7)14-5-1-4-11(6-14)9(16)12-10(17)13-11/h7H,1-6H2,(H2,12,13,16,17). The molecular formula is C11H15N3O3. The second-order valence-electron chi connectivity index (χ2n) is 5.13. The Morgan fingerprint density at radius 3 is 2.71 bits per heavy atom. The maximum atomic E-state index is 12.0. The van der Waals surface area contributed by atoms with E-state index in [4.69, 9.17) is 0 Å². The predicted molar refractivity (Wildman–Crippen MR) is 57.9 cm³/mol. The zero-order chi connectivity index (χ0) is 12.0. The molecule has 2 heterocycles. The van der Waals surface area contributed by atoms with E-state index >= 15 is 0 Å². The van der Waals surface area contributed by atoms with E-state index in [1.165, 1.54) is 0 Å². The second-order valence-corrected chi connectivity index (χ2v) is 5.13. The number of likely N-dealkylation sites (tertiary alicyclic amines) is 1. The van der Waals surface area contributed by atoms with Crippen molar-refractivity contribution in [1.82, 2.24) is 15.5 Å². The summed E-state index contributed by atoms with van der Waals surface area (Å²) in [6.07, 6.45) is 3.28. The summed E-state index contributed by atoms with van der Waals surface area (Å²) in [5, 5.41) is 4.92. The molecule has 3 aliphatic rings. The van der Waals surface area contributed by atoms with Crippen LogP contribution in [0.25, 0.3) is 0 Å². The molecule has 92 valence electrons. The highest BCUT2D eigenvalue weighted by atomic mass is 16.2. The molecule has 3 rings (SSSR count). The molecule has 2 N–H and O–H groups in total. The van der Waals surface area contributed by atoms with Crippen molar-refractivity contribution in [3.05, 3.63) is 0 Å². The first-order chi connectivity index (χ1) is 8.11. The molecule has 0 radical (unpaired) electrons. The van der Waals surface area contributed by atoms with Crippen LogP contribution in [0.5, 0.6) is 0 Å². The molecule has 1 atom stereocenters. The monoisotopic (exact) mass is 237 g/mol. The summed E-state index contributed by atoms with van der Waals surface area (Å²) < 4.78 is 0. The summed E-state index contributed by atoms with van der Waals surface area (Å²) in [7, 11) is 0. The average molecular weight is 237 g/mol. The number of amides is 4. The Morgan fingerprint density at radius 1 is 1.35 bits per heavy atom. The molecule has 1 saturated carbocycles. The van der Waals surface area contributed by atoms with Crippen LogP contribution in [-0.2, 0) is 9.59 Å². The maximum Gasteiger partial charge on any atom is 0.322 e. The smallest absolute Gasteiger partial charge is 0.322 e. The fourth-order valence-electron chi connectivity index (χ4n) is 2.65. The largest absolute Gasteiger partial charge is 0.340 e. The number of carbonyl (C=O) groups excluding carboxylic acids is 3. The van der Waals surface area contributed by atoms with E-state index in [0.29, 0.717) is 19.5 Å². The fraction of sp³-hybridized carbons (Fsp3) is 0.727. The molecule has 2 saturated heterocycles. The SMILES string of the molecule is O=C1NC(=O)C2(CCCN(C(=O)C3CC3)C2)N1. The highest BCUT2D eigenvalue weighted by Crippen LogP contribution is 2.33. The Kier molecular flexibility index (Phi) is 2.14. The van der Waals surface area contributed by atoms with E-state index in [1.54, 1.807) is 4.90 Å². The molecule has 6 heteroatoms. The third-order valence-electron chi connectivity index (χ3n) is 3.75. The molecule has 0 bridgehead atoms. The van der Waals surface area contributed by atoms with Gasteiger partial charge in [-0.15, -0.1) is 0 Å². The zero-order valence-electron chi connectivity index (χ0n) is 9.49. The van der Waals surface area contributed by atoms with Gasteiger partial charge in [0.2, 0.25) is 5.91 Å². The third kappa shape index (κ3) is 1.67. The van der Waals surface area contributed by atoms with Gasteiger partial charge in [-0.3, -0.25) is 14.9 Å². The summed E-state index contributed by atoms with van der Waals surface area (Å²) in [5.41, 5.74) is -0.875. The summed E-state index contributed by atoms with van der Waals surface area (Å²) in [6.45, 7) is 1.01. The van der Waals surface area contributed by atoms with Gasteiger partial charge in [0.25, 0.3) is 5.91 Å². The average Bonchev–Trinajstić information content (AvgIpc) is 3.08. The van der Waals surface area contributed by atoms with Gasteiger partial charge in [0, 0.05) is 12.5 Å². The normalized spacial score (nSPS) is 32.6. The summed E-state index contributed by atoms with van der Waals surface area (Å²) in [5.74, 6) is -0.000799. The number of rotatable bonds is 1. The number of hydrogen-bond acceptors (Lipinski definition) is 3. The van der Waals surface area contributed by atoms with Crippen molar-refractivity contribution < 1.29 is 14.4 Å². The van der Waals surface area contributed by atoms with Crippen molar-refractivity contribution in [1.29, 1.82) is 0 Å². The Hall–Kier alpha value is -1.59. The van der Waals surface area contributed by atoms with Crippen LogP contribution in [0.15, 0.2) is 0 Å². The van der Waals surface area contributed by atoms with Gasteiger partial charge in [-0.1, -0.05) is 0 Å². The predicted octanol–water partition coefficient (Wildman–Crippen LogP) is -0.403. The van der Waals surface area contributed by atoms with E-state index in [0.717, 1.165) is 19.3 Å². The van der Waals surface area contributed by atoms with Crippen LogP contribution in [0.2, 0.25) is 0 Å². The molecule has 1 spiro atoms. The molecule has 3 fully saturated rings. The molecule has 4 amide bonds. The molecule has 6 nitrogen and oxygen atoms in total. The lowest BCUT2D eigenvalue weighted by molar-refractivity contribution is -0.137. The second kappa shape index (κ2) is 3.45. The van der Waals surface area contributed by atoms with Gasteiger partial charge < -0.3 is 10.2 Å². The minimum Gasteiger partial charge on any atom is -0.340 e. The summed E-state index contributed by atoms with van der Waals surface area (Å²) >= 11 is 0. The number of carbonyl (C=O) groups is 3. The topological polar surface area (TPSA) is 78.5 Å². The van der Waals surface area contributed by atoms with E-state index in [1.807, 2.05) is 0 Å². The highest BCUT2D eigenvalue weighted by molar-refractivity contribution is 6.07. The van der Waals surface area contributed by atoms with Crippen LogP contribution >= 0.6 is 0 Å². The number of urea groups is 1. The van der Waals surface area contributed by atoms with Gasteiger partial charge in [0.1, 0.15) is 5.54 Å². The van der Waals surface area contributed by atoms with Crippen LogP contribution in [0.4, 0.5) is 4.79 Å². The number of hydrogen-bond donors (Lipinski definition) is 2. The number of nitrogens with zero attached hydrogens (tertiary/aromatic N) is 1. The van der Waals surface area contributed by atoms with Crippen LogP contribution in [0.1, 0.15) is 25.7 Å². The third-order valence-corrected chi connectivity index (χ3v) is 3.75. The fourth-order valence-corrected chi connectivity index (χ4v) is 2.65. The van der Waals surface area contributed by atoms with E-state index in [2.05, 4.69) is 10.6 Å². The van der Waals surface area contributed by atoms with Gasteiger partial charge in [-0.2, -0.15) is 0 Å². The number of imide groups is 1. The van der Waals surface area contributed by atoms with Crippen LogP contribution in [0, 0.1) is 5.92 Å². The first kappa shape index (κ1) is 10.6. The van der Waals surface area contributed by atoms with Crippen LogP contribution in [-0.4, -0.2) is 41.4 Å². The summed E-state index contributed by atoms with van der Waals surface area (Å²) in [6, 6.07) is -0.448. The summed E-state index contributed by atoms with van der Waals surface area (Å²) in [4.78, 5) is 36.7. The lowest BCUT2D eigenvalue weighted by Gasteiger charge is -2.38. The molecule has 17 heavy (non-hydrogen) atoms. The van der Waals surface area contributed by atoms with E-state index < -0.39 is 11.6 Å². The Labute approximate surface area is 98.7 Å². The van der Waals surface area contributed by atoms with Crippen LogP contribution in [0.3, 0.4) is 0 Å². The van der Waals surface area contributed by atoms with Crippen molar-refractivity contribution in [2.45, 2.75) is 31.2 Å². The lowest BCUT2D eigenvalue weighted by Crippen LogP contribution is -2.59. The molecular weight excluding hydrogens is 222 g/mol. The minimum absolute atomic E-state index is 0.137. The molecule has 1 unspecified atom stereocenters. The van der Waals surface area contributed by atoms with E-state index in [-0.39, 0.29) is 17.7 Å². The maximum absolute atomic E-state index is 12.0. The molecule has 0 aromatic rings. The van der Waals surface area contributed by atoms with Gasteiger partial charge in [0.05, 0.1) is 6.54 Å². The Bertz CT molecular complexity index is 405. The quantitative estimate of drug-likeness (QED) is 0.609. The van der Waals surface area contributed by atoms with Crippen molar-refractivity contribution in [3.8, 4) is 0 Å². The van der Waals surface area contributed by atoms with Gasteiger partial charge in [0.15, 0.2) is 0 Å². The first-order valence-electron chi connectivity index (χ1n) is 6.03. The number of nitrogens with one attached hydrogen (secondary N) is 2. The molecule has 0 aromatic carbocycles. The minimum atomic E-state index is -0.875. The van der Waals surface area contributed by atoms with Crippen molar-refractivity contribution in [2.24, 2.45) is 5.92 Å². The highest BCUT2D eigenvalue weighted by Gasteiger charge is 2.50. The number of piperidine rings is 1. The van der Waals surface area contributed by atoms with E-state index in [9.17, 15) is 14.4 Å². The van der Waals surface area contributed by atoms with Gasteiger partial charge in [-0.25, -0.2) is 4.79 Å². The Morgan fingerprint density at radius 2 is 2.12 bits per heavy atom. The van der Waals surface area contributed by atoms with Crippen molar-refractivity contribution >= 4 is 17.8 Å². The Balaban J connectivity index is 1.76. The van der Waals surface area contributed by atoms with Gasteiger partial charge in [-0.05, 0) is 25.7 Å².